The summed E-state index contributed by atoms with van der Waals surface area (Å²) < 4.78 is 52.4. The predicted octanol–water partition coefficient (Wildman–Crippen LogP) is 3.91. The van der Waals surface area contributed by atoms with Gasteiger partial charge in [0.2, 0.25) is 0 Å². The molecule has 0 aliphatic carbocycles. The van der Waals surface area contributed by atoms with E-state index in [1.54, 1.807) is 0 Å². The second kappa shape index (κ2) is 7.52. The van der Waals surface area contributed by atoms with Gasteiger partial charge in [0.05, 0.1) is 10.5 Å². The Balaban J connectivity index is 2.24. The van der Waals surface area contributed by atoms with Crippen LogP contribution in [0.1, 0.15) is 24.0 Å². The lowest BCUT2D eigenvalue weighted by Gasteiger charge is -2.13. The second-order valence-electron chi connectivity index (χ2n) is 5.04. The van der Waals surface area contributed by atoms with Gasteiger partial charge in [0.1, 0.15) is 10.1 Å². The molecule has 0 unspecified atom stereocenters. The molecule has 10 heteroatoms. The summed E-state index contributed by atoms with van der Waals surface area (Å²) >= 11 is 5.84. The lowest BCUT2D eigenvalue weighted by atomic mass is 10.1. The molecule has 25 heavy (non-hydrogen) atoms. The Morgan fingerprint density at radius 2 is 2.04 bits per heavy atom. The number of carboxylic acid groups (broad SMARTS) is 1. The maximum absolute atomic E-state index is 14.0. The van der Waals surface area contributed by atoms with Gasteiger partial charge in [-0.05, 0) is 18.6 Å². The van der Waals surface area contributed by atoms with Crippen molar-refractivity contribution in [2.24, 2.45) is 0 Å². The fraction of sp³-hybridized carbons (Fsp3) is 0.267. The second-order valence-corrected chi connectivity index (χ2v) is 6.71. The molecule has 0 bridgehead atoms. The van der Waals surface area contributed by atoms with E-state index in [0.29, 0.717) is 6.07 Å². The summed E-state index contributed by atoms with van der Waals surface area (Å²) in [6.07, 6.45) is -3.81. The van der Waals surface area contributed by atoms with E-state index in [1.165, 1.54) is 0 Å². The van der Waals surface area contributed by atoms with Crippen LogP contribution < -0.4 is 0 Å². The van der Waals surface area contributed by atoms with Crippen LogP contribution in [0.3, 0.4) is 0 Å². The Hall–Kier alpha value is -1.94. The van der Waals surface area contributed by atoms with E-state index in [0.717, 1.165) is 34.9 Å². The molecule has 1 aromatic rings. The van der Waals surface area contributed by atoms with Gasteiger partial charge in [0.25, 0.3) is 5.91 Å². The third-order valence-corrected chi connectivity index (χ3v) is 4.64. The summed E-state index contributed by atoms with van der Waals surface area (Å²) in [5.74, 6) is -3.07. The molecule has 1 aromatic carbocycles. The number of aliphatic carboxylic acids is 1. The molecule has 0 atom stereocenters. The molecule has 1 fully saturated rings. The first kappa shape index (κ1) is 19.4. The molecule has 1 N–H and O–H groups in total. The molecule has 1 aliphatic heterocycles. The van der Waals surface area contributed by atoms with Gasteiger partial charge < -0.3 is 5.11 Å². The molecule has 0 saturated carbocycles. The number of thioether (sulfide) groups is 1. The number of hydrogen-bond donors (Lipinski definition) is 1. The van der Waals surface area contributed by atoms with E-state index in [1.807, 2.05) is 0 Å². The van der Waals surface area contributed by atoms with E-state index in [4.69, 9.17) is 17.3 Å². The molecule has 0 aromatic heterocycles. The Morgan fingerprint density at radius 3 is 2.64 bits per heavy atom. The Kier molecular flexibility index (Phi) is 5.83. The molecule has 2 rings (SSSR count). The Bertz CT molecular complexity index is 762. The third kappa shape index (κ3) is 4.57. The van der Waals surface area contributed by atoms with E-state index in [2.05, 4.69) is 0 Å². The lowest BCUT2D eigenvalue weighted by Crippen LogP contribution is -2.29. The minimum atomic E-state index is -4.84. The molecule has 0 radical (unpaired) electrons. The first-order valence-corrected chi connectivity index (χ1v) is 8.16. The van der Waals surface area contributed by atoms with E-state index >= 15 is 0 Å². The third-order valence-electron chi connectivity index (χ3n) is 3.27. The average Bonchev–Trinajstić information content (AvgIpc) is 2.75. The van der Waals surface area contributed by atoms with Gasteiger partial charge in [-0.1, -0.05) is 36.1 Å². The van der Waals surface area contributed by atoms with Crippen molar-refractivity contribution >= 4 is 46.3 Å². The normalized spacial score (nSPS) is 16.8. The first-order chi connectivity index (χ1) is 11.6. The number of benzene rings is 1. The number of hydrogen-bond acceptors (Lipinski definition) is 4. The van der Waals surface area contributed by atoms with Crippen LogP contribution in [0.2, 0.25) is 0 Å². The van der Waals surface area contributed by atoms with Gasteiger partial charge in [-0.15, -0.1) is 0 Å². The van der Waals surface area contributed by atoms with Crippen molar-refractivity contribution in [3.8, 4) is 0 Å². The highest BCUT2D eigenvalue weighted by Gasteiger charge is 2.36. The summed E-state index contributed by atoms with van der Waals surface area (Å²) in [6, 6.07) is 2.79. The fourth-order valence-electron chi connectivity index (χ4n) is 2.10. The number of thiocarbonyl (C=S) groups is 1. The molecule has 4 nitrogen and oxygen atoms in total. The number of carboxylic acids is 1. The monoisotopic (exact) mass is 393 g/mol. The van der Waals surface area contributed by atoms with Gasteiger partial charge in [-0.3, -0.25) is 14.5 Å². The van der Waals surface area contributed by atoms with Crippen molar-refractivity contribution in [3.63, 3.8) is 0 Å². The summed E-state index contributed by atoms with van der Waals surface area (Å²) in [7, 11) is 0. The van der Waals surface area contributed by atoms with Gasteiger partial charge in [-0.25, -0.2) is 4.39 Å². The highest BCUT2D eigenvalue weighted by molar-refractivity contribution is 8.26. The smallest absolute Gasteiger partial charge is 0.419 e. The Labute approximate surface area is 149 Å². The number of nitrogens with zero attached hydrogens (tertiary/aromatic N) is 1. The summed E-state index contributed by atoms with van der Waals surface area (Å²) in [4.78, 5) is 23.9. The number of carbonyl (C=O) groups excluding carboxylic acids is 1. The van der Waals surface area contributed by atoms with Crippen molar-refractivity contribution in [2.45, 2.75) is 19.0 Å². The number of alkyl halides is 3. The average molecular weight is 393 g/mol. The molecule has 1 saturated heterocycles. The molecule has 1 heterocycles. The van der Waals surface area contributed by atoms with Crippen LogP contribution in [0, 0.1) is 5.82 Å². The highest BCUT2D eigenvalue weighted by atomic mass is 32.2. The van der Waals surface area contributed by atoms with Crippen molar-refractivity contribution in [3.05, 3.63) is 40.0 Å². The summed E-state index contributed by atoms with van der Waals surface area (Å²) in [6.45, 7) is 0.0688. The van der Waals surface area contributed by atoms with Crippen molar-refractivity contribution in [1.29, 1.82) is 0 Å². The molecular formula is C15H11F4NO3S2. The van der Waals surface area contributed by atoms with E-state index in [9.17, 15) is 27.2 Å². The van der Waals surface area contributed by atoms with E-state index in [-0.39, 0.29) is 34.2 Å². The largest absolute Gasteiger partial charge is 0.481 e. The maximum Gasteiger partial charge on any atom is 0.419 e. The molecule has 1 aliphatic rings. The van der Waals surface area contributed by atoms with E-state index < -0.39 is 29.4 Å². The number of halogens is 4. The molecule has 1 amide bonds. The first-order valence-electron chi connectivity index (χ1n) is 6.94. The zero-order valence-corrected chi connectivity index (χ0v) is 14.1. The van der Waals surface area contributed by atoms with Crippen molar-refractivity contribution < 1.29 is 32.3 Å². The molecular weight excluding hydrogens is 382 g/mol. The quantitative estimate of drug-likeness (QED) is 0.467. The molecule has 0 spiro atoms. The topological polar surface area (TPSA) is 57.6 Å². The van der Waals surface area contributed by atoms with Gasteiger partial charge in [0, 0.05) is 18.5 Å². The maximum atomic E-state index is 14.0. The van der Waals surface area contributed by atoms with Gasteiger partial charge in [-0.2, -0.15) is 13.2 Å². The number of carbonyl (C=O) groups is 2. The summed E-state index contributed by atoms with van der Waals surface area (Å²) in [5, 5.41) is 8.60. The van der Waals surface area contributed by atoms with Crippen LogP contribution in [0.4, 0.5) is 17.6 Å². The van der Waals surface area contributed by atoms with Crippen LogP contribution >= 0.6 is 24.0 Å². The van der Waals surface area contributed by atoms with Gasteiger partial charge in [0.15, 0.2) is 0 Å². The Morgan fingerprint density at radius 1 is 1.36 bits per heavy atom. The fourth-order valence-corrected chi connectivity index (χ4v) is 3.40. The van der Waals surface area contributed by atoms with Crippen LogP contribution in [0.5, 0.6) is 0 Å². The zero-order chi connectivity index (χ0) is 18.8. The number of amides is 1. The molecule has 134 valence electrons. The highest BCUT2D eigenvalue weighted by Crippen LogP contribution is 2.36. The predicted molar refractivity (Wildman–Crippen MR) is 88.2 cm³/mol. The van der Waals surface area contributed by atoms with Gasteiger partial charge >= 0.3 is 12.1 Å². The summed E-state index contributed by atoms with van der Waals surface area (Å²) in [5.41, 5.74) is -1.79. The minimum Gasteiger partial charge on any atom is -0.481 e. The lowest BCUT2D eigenvalue weighted by molar-refractivity contribution is -0.140. The van der Waals surface area contributed by atoms with Crippen molar-refractivity contribution in [2.75, 3.05) is 6.54 Å². The van der Waals surface area contributed by atoms with Crippen LogP contribution in [0.25, 0.3) is 6.08 Å². The minimum absolute atomic E-state index is 0.0152. The number of rotatable bonds is 5. The SMILES string of the molecule is O=C(O)CCCN1C(=O)C(=Cc2cccc(C(F)(F)F)c2F)SC1=S. The van der Waals surface area contributed by atoms with Crippen molar-refractivity contribution in [1.82, 2.24) is 4.90 Å². The van der Waals surface area contributed by atoms with Crippen LogP contribution in [-0.4, -0.2) is 32.7 Å². The zero-order valence-electron chi connectivity index (χ0n) is 12.5. The van der Waals surface area contributed by atoms with Crippen LogP contribution in [0.15, 0.2) is 23.1 Å². The standard InChI is InChI=1S/C15H11F4NO3S2/c16-12-8(3-1-4-9(12)15(17,18)19)7-10-13(23)20(14(24)25-10)6-2-5-11(21)22/h1,3-4,7H,2,5-6H2,(H,21,22). The van der Waals surface area contributed by atoms with Crippen LogP contribution in [-0.2, 0) is 15.8 Å².